The SMILES string of the molecule is C=CC(C)N(CC(C)C=CC)C(=O)CCNC(=O)CCN1CC=CC1=O. The monoisotopic (exact) mass is 361 g/mol. The van der Waals surface area contributed by atoms with E-state index < -0.39 is 0 Å². The van der Waals surface area contributed by atoms with Gasteiger partial charge in [0.2, 0.25) is 17.7 Å². The van der Waals surface area contributed by atoms with E-state index in [2.05, 4.69) is 24.9 Å². The first kappa shape index (κ1) is 21.7. The second-order valence-electron chi connectivity index (χ2n) is 6.56. The van der Waals surface area contributed by atoms with Crippen LogP contribution in [0.15, 0.2) is 37.0 Å². The van der Waals surface area contributed by atoms with E-state index >= 15 is 0 Å². The van der Waals surface area contributed by atoms with Gasteiger partial charge in [0, 0.05) is 51.1 Å². The topological polar surface area (TPSA) is 69.7 Å². The van der Waals surface area contributed by atoms with Crippen LogP contribution in [0.3, 0.4) is 0 Å². The van der Waals surface area contributed by atoms with Gasteiger partial charge in [-0.25, -0.2) is 0 Å². The van der Waals surface area contributed by atoms with E-state index in [-0.39, 0.29) is 42.5 Å². The Labute approximate surface area is 156 Å². The molecule has 0 fully saturated rings. The minimum atomic E-state index is -0.150. The van der Waals surface area contributed by atoms with Crippen molar-refractivity contribution in [2.24, 2.45) is 5.92 Å². The van der Waals surface area contributed by atoms with Crippen molar-refractivity contribution in [2.75, 3.05) is 26.2 Å². The molecule has 1 rings (SSSR count). The molecule has 0 aliphatic carbocycles. The summed E-state index contributed by atoms with van der Waals surface area (Å²) >= 11 is 0. The lowest BCUT2D eigenvalue weighted by molar-refractivity contribution is -0.132. The lowest BCUT2D eigenvalue weighted by Crippen LogP contribution is -2.41. The number of rotatable bonds is 11. The van der Waals surface area contributed by atoms with E-state index in [1.807, 2.05) is 19.9 Å². The van der Waals surface area contributed by atoms with Gasteiger partial charge in [-0.15, -0.1) is 6.58 Å². The molecular weight excluding hydrogens is 330 g/mol. The van der Waals surface area contributed by atoms with Gasteiger partial charge in [0.05, 0.1) is 0 Å². The molecule has 0 saturated carbocycles. The van der Waals surface area contributed by atoms with Crippen LogP contribution in [0.25, 0.3) is 0 Å². The largest absolute Gasteiger partial charge is 0.356 e. The lowest BCUT2D eigenvalue weighted by atomic mass is 10.1. The van der Waals surface area contributed by atoms with Gasteiger partial charge in [0.15, 0.2) is 0 Å². The first-order valence-electron chi connectivity index (χ1n) is 9.16. The molecule has 0 bridgehead atoms. The van der Waals surface area contributed by atoms with Crippen molar-refractivity contribution < 1.29 is 14.4 Å². The number of hydrogen-bond donors (Lipinski definition) is 1. The summed E-state index contributed by atoms with van der Waals surface area (Å²) < 4.78 is 0. The van der Waals surface area contributed by atoms with Crippen molar-refractivity contribution in [2.45, 2.75) is 39.7 Å². The Morgan fingerprint density at radius 1 is 1.38 bits per heavy atom. The van der Waals surface area contributed by atoms with E-state index in [0.717, 1.165) is 0 Å². The molecule has 1 N–H and O–H groups in total. The third-order valence-corrected chi connectivity index (χ3v) is 4.33. The molecular formula is C20H31N3O3. The number of amides is 3. The van der Waals surface area contributed by atoms with E-state index in [4.69, 9.17) is 0 Å². The van der Waals surface area contributed by atoms with Crippen molar-refractivity contribution >= 4 is 17.7 Å². The molecule has 1 aliphatic heterocycles. The quantitative estimate of drug-likeness (QED) is 0.572. The third kappa shape index (κ3) is 7.25. The van der Waals surface area contributed by atoms with Crippen LogP contribution in [-0.2, 0) is 14.4 Å². The molecule has 2 unspecified atom stereocenters. The highest BCUT2D eigenvalue weighted by molar-refractivity contribution is 5.90. The third-order valence-electron chi connectivity index (χ3n) is 4.33. The van der Waals surface area contributed by atoms with Crippen molar-refractivity contribution in [3.63, 3.8) is 0 Å². The maximum absolute atomic E-state index is 12.5. The lowest BCUT2D eigenvalue weighted by Gasteiger charge is -2.29. The zero-order chi connectivity index (χ0) is 19.5. The van der Waals surface area contributed by atoms with Crippen molar-refractivity contribution in [1.82, 2.24) is 15.1 Å². The summed E-state index contributed by atoms with van der Waals surface area (Å²) in [5.74, 6) is 0.0425. The Morgan fingerprint density at radius 3 is 2.69 bits per heavy atom. The highest BCUT2D eigenvalue weighted by Gasteiger charge is 2.20. The van der Waals surface area contributed by atoms with Crippen LogP contribution in [0.2, 0.25) is 0 Å². The molecule has 0 aromatic heterocycles. The molecule has 2 atom stereocenters. The zero-order valence-corrected chi connectivity index (χ0v) is 16.1. The number of allylic oxidation sites excluding steroid dienone is 1. The van der Waals surface area contributed by atoms with Crippen LogP contribution in [0, 0.1) is 5.92 Å². The van der Waals surface area contributed by atoms with Gasteiger partial charge in [-0.2, -0.15) is 0 Å². The zero-order valence-electron chi connectivity index (χ0n) is 16.1. The smallest absolute Gasteiger partial charge is 0.246 e. The number of hydrogen-bond acceptors (Lipinski definition) is 3. The van der Waals surface area contributed by atoms with Crippen LogP contribution in [0.4, 0.5) is 0 Å². The fraction of sp³-hybridized carbons (Fsp3) is 0.550. The van der Waals surface area contributed by atoms with E-state index in [0.29, 0.717) is 26.2 Å². The molecule has 0 saturated heterocycles. The summed E-state index contributed by atoms with van der Waals surface area (Å²) in [6, 6.07) is -0.0559. The highest BCUT2D eigenvalue weighted by Crippen LogP contribution is 2.09. The first-order chi connectivity index (χ1) is 12.4. The average molecular weight is 361 g/mol. The minimum Gasteiger partial charge on any atom is -0.356 e. The molecule has 3 amide bonds. The maximum atomic E-state index is 12.5. The fourth-order valence-corrected chi connectivity index (χ4v) is 2.78. The summed E-state index contributed by atoms with van der Waals surface area (Å²) in [7, 11) is 0. The summed E-state index contributed by atoms with van der Waals surface area (Å²) in [6.07, 6.45) is 9.58. The van der Waals surface area contributed by atoms with Crippen molar-refractivity contribution in [3.05, 3.63) is 37.0 Å². The number of nitrogens with one attached hydrogen (secondary N) is 1. The molecule has 0 aromatic carbocycles. The summed E-state index contributed by atoms with van der Waals surface area (Å²) in [4.78, 5) is 39.2. The van der Waals surface area contributed by atoms with E-state index in [1.165, 1.54) is 6.08 Å². The predicted octanol–water partition coefficient (Wildman–Crippen LogP) is 1.90. The highest BCUT2D eigenvalue weighted by atomic mass is 16.2. The summed E-state index contributed by atoms with van der Waals surface area (Å²) in [6.45, 7) is 11.6. The Morgan fingerprint density at radius 2 is 2.12 bits per heavy atom. The molecule has 6 nitrogen and oxygen atoms in total. The molecule has 6 heteroatoms. The van der Waals surface area contributed by atoms with Crippen LogP contribution in [0.1, 0.15) is 33.6 Å². The van der Waals surface area contributed by atoms with Crippen LogP contribution in [-0.4, -0.2) is 59.7 Å². The standard InChI is InChI=1S/C20H31N3O3/c1-5-8-16(3)15-23(17(4)6-2)20(26)10-12-21-18(24)11-14-22-13-7-9-19(22)25/h5-9,16-17H,2,10-15H2,1,3-4H3,(H,21,24). The molecule has 1 aliphatic rings. The van der Waals surface area contributed by atoms with Gasteiger partial charge in [-0.05, 0) is 19.8 Å². The molecule has 144 valence electrons. The molecule has 0 spiro atoms. The number of carbonyl (C=O) groups excluding carboxylic acids is 3. The van der Waals surface area contributed by atoms with Gasteiger partial charge in [-0.3, -0.25) is 14.4 Å². The average Bonchev–Trinajstić information content (AvgIpc) is 3.02. The first-order valence-corrected chi connectivity index (χ1v) is 9.16. The molecule has 0 aromatic rings. The predicted molar refractivity (Wildman–Crippen MR) is 103 cm³/mol. The fourth-order valence-electron chi connectivity index (χ4n) is 2.78. The molecule has 26 heavy (non-hydrogen) atoms. The van der Waals surface area contributed by atoms with Crippen LogP contribution >= 0.6 is 0 Å². The van der Waals surface area contributed by atoms with Gasteiger partial charge >= 0.3 is 0 Å². The second kappa shape index (κ2) is 11.3. The van der Waals surface area contributed by atoms with Gasteiger partial charge in [0.25, 0.3) is 0 Å². The Balaban J connectivity index is 2.37. The number of carbonyl (C=O) groups is 3. The van der Waals surface area contributed by atoms with Crippen molar-refractivity contribution in [1.29, 1.82) is 0 Å². The van der Waals surface area contributed by atoms with Crippen LogP contribution < -0.4 is 5.32 Å². The minimum absolute atomic E-state index is 0.00651. The summed E-state index contributed by atoms with van der Waals surface area (Å²) in [5, 5.41) is 2.76. The van der Waals surface area contributed by atoms with Gasteiger partial charge in [-0.1, -0.05) is 31.2 Å². The molecule has 1 heterocycles. The van der Waals surface area contributed by atoms with Crippen molar-refractivity contribution in [3.8, 4) is 0 Å². The van der Waals surface area contributed by atoms with Gasteiger partial charge < -0.3 is 15.1 Å². The normalized spacial score (nSPS) is 16.0. The number of nitrogens with zero attached hydrogens (tertiary/aromatic N) is 2. The molecule has 0 radical (unpaired) electrons. The van der Waals surface area contributed by atoms with E-state index in [1.54, 1.807) is 22.0 Å². The Kier molecular flexibility index (Phi) is 9.41. The Bertz CT molecular complexity index is 569. The maximum Gasteiger partial charge on any atom is 0.246 e. The second-order valence-corrected chi connectivity index (χ2v) is 6.56. The summed E-state index contributed by atoms with van der Waals surface area (Å²) in [5.41, 5.74) is 0. The van der Waals surface area contributed by atoms with Crippen LogP contribution in [0.5, 0.6) is 0 Å². The van der Waals surface area contributed by atoms with E-state index in [9.17, 15) is 14.4 Å². The van der Waals surface area contributed by atoms with Gasteiger partial charge in [0.1, 0.15) is 0 Å². The Hall–Kier alpha value is -2.37.